The first-order valence-corrected chi connectivity index (χ1v) is 9.02. The highest BCUT2D eigenvalue weighted by atomic mass is 16.6. The fourth-order valence-electron chi connectivity index (χ4n) is 4.11. The van der Waals surface area contributed by atoms with Crippen LogP contribution in [0.25, 0.3) is 11.1 Å². The maximum atomic E-state index is 12.5. The Hall–Kier alpha value is -2.33. The van der Waals surface area contributed by atoms with Crippen LogP contribution in [0, 0.1) is 0 Å². The molecule has 2 aromatic carbocycles. The van der Waals surface area contributed by atoms with Crippen molar-refractivity contribution >= 4 is 6.09 Å². The number of likely N-dealkylation sites (tertiary alicyclic amines) is 1. The highest BCUT2D eigenvalue weighted by Gasteiger charge is 2.31. The van der Waals surface area contributed by atoms with E-state index in [-0.39, 0.29) is 24.7 Å². The van der Waals surface area contributed by atoms with Gasteiger partial charge in [0.05, 0.1) is 12.6 Å². The van der Waals surface area contributed by atoms with E-state index in [1.165, 1.54) is 22.3 Å². The van der Waals surface area contributed by atoms with Crippen molar-refractivity contribution in [2.45, 2.75) is 31.2 Å². The van der Waals surface area contributed by atoms with Crippen molar-refractivity contribution in [1.29, 1.82) is 0 Å². The average molecular weight is 337 g/mol. The molecule has 0 saturated carbocycles. The summed E-state index contributed by atoms with van der Waals surface area (Å²) in [6.45, 7) is 1.01. The molecule has 1 N–H and O–H groups in total. The van der Waals surface area contributed by atoms with Crippen LogP contribution >= 0.6 is 0 Å². The second-order valence-electron chi connectivity index (χ2n) is 6.83. The first-order valence-electron chi connectivity index (χ1n) is 9.02. The van der Waals surface area contributed by atoms with E-state index >= 15 is 0 Å². The molecule has 1 aliphatic heterocycles. The molecule has 1 amide bonds. The third-order valence-electron chi connectivity index (χ3n) is 5.41. The number of benzene rings is 2. The highest BCUT2D eigenvalue weighted by Crippen LogP contribution is 2.44. The van der Waals surface area contributed by atoms with E-state index in [4.69, 9.17) is 4.74 Å². The summed E-state index contributed by atoms with van der Waals surface area (Å²) in [4.78, 5) is 14.2. The lowest BCUT2D eigenvalue weighted by Gasteiger charge is -2.34. The predicted molar refractivity (Wildman–Crippen MR) is 96.5 cm³/mol. The van der Waals surface area contributed by atoms with Gasteiger partial charge in [-0.05, 0) is 41.5 Å². The van der Waals surface area contributed by atoms with Crippen molar-refractivity contribution in [2.24, 2.45) is 0 Å². The maximum Gasteiger partial charge on any atom is 0.410 e. The van der Waals surface area contributed by atoms with E-state index < -0.39 is 0 Å². The summed E-state index contributed by atoms with van der Waals surface area (Å²) in [7, 11) is 0. The van der Waals surface area contributed by atoms with Gasteiger partial charge < -0.3 is 14.7 Å². The summed E-state index contributed by atoms with van der Waals surface area (Å²) in [5.74, 6) is 0.0775. The van der Waals surface area contributed by atoms with E-state index in [2.05, 4.69) is 24.3 Å². The number of carbonyl (C=O) groups excluding carboxylic acids is 1. The van der Waals surface area contributed by atoms with Crippen LogP contribution < -0.4 is 0 Å². The second kappa shape index (κ2) is 6.89. The van der Waals surface area contributed by atoms with E-state index in [1.54, 1.807) is 4.90 Å². The van der Waals surface area contributed by atoms with Crippen molar-refractivity contribution in [1.82, 2.24) is 4.90 Å². The van der Waals surface area contributed by atoms with Crippen LogP contribution in [-0.2, 0) is 4.74 Å². The maximum absolute atomic E-state index is 12.5. The number of piperidine rings is 1. The van der Waals surface area contributed by atoms with Gasteiger partial charge >= 0.3 is 6.09 Å². The van der Waals surface area contributed by atoms with Crippen molar-refractivity contribution in [3.63, 3.8) is 0 Å². The molecule has 1 aliphatic carbocycles. The number of fused-ring (bicyclic) bond motifs is 3. The first kappa shape index (κ1) is 16.2. The Morgan fingerprint density at radius 2 is 1.68 bits per heavy atom. The second-order valence-corrected chi connectivity index (χ2v) is 6.83. The van der Waals surface area contributed by atoms with Gasteiger partial charge in [0.25, 0.3) is 0 Å². The van der Waals surface area contributed by atoms with Crippen LogP contribution in [0.2, 0.25) is 0 Å². The van der Waals surface area contributed by atoms with E-state index in [1.807, 2.05) is 24.3 Å². The summed E-state index contributed by atoms with van der Waals surface area (Å²) in [5.41, 5.74) is 4.89. The lowest BCUT2D eigenvalue weighted by molar-refractivity contribution is 0.0525. The molecule has 0 spiro atoms. The molecular formula is C21H23NO3. The third kappa shape index (κ3) is 2.91. The zero-order valence-electron chi connectivity index (χ0n) is 14.2. The number of nitrogens with zero attached hydrogens (tertiary/aromatic N) is 1. The summed E-state index contributed by atoms with van der Waals surface area (Å²) < 4.78 is 5.69. The number of aliphatic hydroxyl groups excluding tert-OH is 1. The molecule has 0 unspecified atom stereocenters. The van der Waals surface area contributed by atoms with Crippen LogP contribution in [-0.4, -0.2) is 41.9 Å². The SMILES string of the molecule is O=C(OCC1c2ccccc2-c2ccccc21)N1CCCC[C@H]1CO. The largest absolute Gasteiger partial charge is 0.448 e. The molecule has 1 saturated heterocycles. The normalized spacial score (nSPS) is 19.4. The molecule has 0 aromatic heterocycles. The Bertz CT molecular complexity index is 728. The molecular weight excluding hydrogens is 314 g/mol. The van der Waals surface area contributed by atoms with Crippen LogP contribution in [0.1, 0.15) is 36.3 Å². The fourth-order valence-corrected chi connectivity index (χ4v) is 4.11. The lowest BCUT2D eigenvalue weighted by atomic mass is 9.98. The molecule has 1 heterocycles. The lowest BCUT2D eigenvalue weighted by Crippen LogP contribution is -2.46. The fraction of sp³-hybridized carbons (Fsp3) is 0.381. The number of ether oxygens (including phenoxy) is 1. The zero-order chi connectivity index (χ0) is 17.2. The van der Waals surface area contributed by atoms with E-state index in [0.29, 0.717) is 13.2 Å². The number of hydrogen-bond acceptors (Lipinski definition) is 3. The molecule has 2 aromatic rings. The number of rotatable bonds is 3. The Balaban J connectivity index is 1.52. The van der Waals surface area contributed by atoms with Gasteiger partial charge in [-0.25, -0.2) is 4.79 Å². The Morgan fingerprint density at radius 1 is 1.04 bits per heavy atom. The number of hydrogen-bond donors (Lipinski definition) is 1. The standard InChI is InChI=1S/C21H23NO3/c23-13-15-7-5-6-12-22(15)21(24)25-14-20-18-10-3-1-8-16(18)17-9-2-4-11-19(17)20/h1-4,8-11,15,20,23H,5-7,12-14H2/t15-/m0/s1. The summed E-state index contributed by atoms with van der Waals surface area (Å²) in [5, 5.41) is 9.50. The van der Waals surface area contributed by atoms with Gasteiger partial charge in [0.15, 0.2) is 0 Å². The molecule has 4 heteroatoms. The molecule has 1 fully saturated rings. The van der Waals surface area contributed by atoms with Gasteiger partial charge in [-0.15, -0.1) is 0 Å². The molecule has 0 bridgehead atoms. The van der Waals surface area contributed by atoms with Crippen LogP contribution in [0.5, 0.6) is 0 Å². The minimum absolute atomic E-state index is 0.00416. The Morgan fingerprint density at radius 3 is 2.32 bits per heavy atom. The van der Waals surface area contributed by atoms with Crippen LogP contribution in [0.3, 0.4) is 0 Å². The average Bonchev–Trinajstić information content (AvgIpc) is 3.00. The van der Waals surface area contributed by atoms with Crippen molar-refractivity contribution in [3.05, 3.63) is 59.7 Å². The number of aliphatic hydroxyl groups is 1. The van der Waals surface area contributed by atoms with Gasteiger partial charge in [0.1, 0.15) is 6.61 Å². The molecule has 4 rings (SSSR count). The summed E-state index contributed by atoms with van der Waals surface area (Å²) in [6.07, 6.45) is 2.57. The molecule has 4 nitrogen and oxygen atoms in total. The third-order valence-corrected chi connectivity index (χ3v) is 5.41. The van der Waals surface area contributed by atoms with Gasteiger partial charge in [-0.2, -0.15) is 0 Å². The highest BCUT2D eigenvalue weighted by molar-refractivity contribution is 5.79. The molecule has 0 radical (unpaired) electrons. The molecule has 130 valence electrons. The van der Waals surface area contributed by atoms with Crippen molar-refractivity contribution in [2.75, 3.05) is 19.8 Å². The summed E-state index contributed by atoms with van der Waals surface area (Å²) >= 11 is 0. The van der Waals surface area contributed by atoms with Crippen molar-refractivity contribution in [3.8, 4) is 11.1 Å². The quantitative estimate of drug-likeness (QED) is 0.927. The number of carbonyl (C=O) groups is 1. The van der Waals surface area contributed by atoms with Gasteiger partial charge in [0, 0.05) is 12.5 Å². The monoisotopic (exact) mass is 337 g/mol. The predicted octanol–water partition coefficient (Wildman–Crippen LogP) is 3.78. The van der Waals surface area contributed by atoms with Gasteiger partial charge in [-0.1, -0.05) is 48.5 Å². The molecule has 25 heavy (non-hydrogen) atoms. The first-order chi connectivity index (χ1) is 12.3. The zero-order valence-corrected chi connectivity index (χ0v) is 14.2. The van der Waals surface area contributed by atoms with Crippen LogP contribution in [0.15, 0.2) is 48.5 Å². The van der Waals surface area contributed by atoms with E-state index in [0.717, 1.165) is 19.3 Å². The smallest absolute Gasteiger partial charge is 0.410 e. The van der Waals surface area contributed by atoms with Crippen LogP contribution in [0.4, 0.5) is 4.79 Å². The van der Waals surface area contributed by atoms with Gasteiger partial charge in [0.2, 0.25) is 0 Å². The molecule has 2 aliphatic rings. The topological polar surface area (TPSA) is 49.8 Å². The molecule has 1 atom stereocenters. The van der Waals surface area contributed by atoms with E-state index in [9.17, 15) is 9.90 Å². The summed E-state index contributed by atoms with van der Waals surface area (Å²) in [6, 6.07) is 16.5. The minimum atomic E-state index is -0.305. The number of amides is 1. The van der Waals surface area contributed by atoms with Crippen molar-refractivity contribution < 1.29 is 14.6 Å². The Labute approximate surface area is 148 Å². The minimum Gasteiger partial charge on any atom is -0.448 e. The Kier molecular flexibility index (Phi) is 4.45. The van der Waals surface area contributed by atoms with Gasteiger partial charge in [-0.3, -0.25) is 0 Å².